The first-order valence-corrected chi connectivity index (χ1v) is 11.2. The molecule has 4 amide bonds. The average Bonchev–Trinajstić information content (AvgIpc) is 3.32. The van der Waals surface area contributed by atoms with E-state index in [0.29, 0.717) is 19.1 Å². The Balaban J connectivity index is 1.23. The van der Waals surface area contributed by atoms with Gasteiger partial charge in [-0.2, -0.15) is 0 Å². The maximum Gasteiger partial charge on any atom is 0.326 e. The van der Waals surface area contributed by atoms with E-state index < -0.39 is 5.54 Å². The predicted molar refractivity (Wildman–Crippen MR) is 107 cm³/mol. The largest absolute Gasteiger partial charge is 0.376 e. The molecule has 1 saturated carbocycles. The highest BCUT2D eigenvalue weighted by molar-refractivity contribution is 6.07. The number of carbonyl (C=O) groups excluding carboxylic acids is 3. The topological polar surface area (TPSA) is 91.0 Å². The van der Waals surface area contributed by atoms with E-state index in [1.54, 1.807) is 0 Å². The number of rotatable bonds is 5. The Labute approximate surface area is 172 Å². The van der Waals surface area contributed by atoms with Gasteiger partial charge in [0.2, 0.25) is 5.91 Å². The lowest BCUT2D eigenvalue weighted by atomic mass is 9.77. The number of piperidine rings is 1. The van der Waals surface area contributed by atoms with Crippen LogP contribution in [0.3, 0.4) is 0 Å². The molecule has 0 aromatic heterocycles. The third kappa shape index (κ3) is 4.43. The Hall–Kier alpha value is -1.67. The van der Waals surface area contributed by atoms with Crippen LogP contribution in [0, 0.1) is 11.8 Å². The first-order valence-electron chi connectivity index (χ1n) is 11.2. The van der Waals surface area contributed by atoms with Crippen molar-refractivity contribution in [3.05, 3.63) is 0 Å². The molecule has 162 valence electrons. The molecule has 0 unspecified atom stereocenters. The number of nitrogens with one attached hydrogen (secondary N) is 2. The second-order valence-electron chi connectivity index (χ2n) is 9.34. The zero-order valence-electron chi connectivity index (χ0n) is 17.5. The summed E-state index contributed by atoms with van der Waals surface area (Å²) >= 11 is 0. The highest BCUT2D eigenvalue weighted by Gasteiger charge is 2.52. The van der Waals surface area contributed by atoms with Gasteiger partial charge in [-0.15, -0.1) is 0 Å². The second-order valence-corrected chi connectivity index (χ2v) is 9.34. The molecule has 3 heterocycles. The zero-order valence-corrected chi connectivity index (χ0v) is 17.5. The molecule has 8 nitrogen and oxygen atoms in total. The number of ether oxygens (including phenoxy) is 1. The van der Waals surface area contributed by atoms with Crippen LogP contribution in [0.4, 0.5) is 4.79 Å². The highest BCUT2D eigenvalue weighted by atomic mass is 16.5. The fourth-order valence-corrected chi connectivity index (χ4v) is 5.10. The van der Waals surface area contributed by atoms with Crippen LogP contribution in [0.1, 0.15) is 58.3 Å². The molecule has 1 atom stereocenters. The maximum atomic E-state index is 13.0. The van der Waals surface area contributed by atoms with Crippen LogP contribution in [0.2, 0.25) is 0 Å². The SMILES string of the molecule is CC1CCC2(CC1)NC(=O)N(CN1CCC(C(=O)NC[C@@H]3CCCO3)CC1)C2=O. The molecule has 2 N–H and O–H groups in total. The predicted octanol–water partition coefficient (Wildman–Crippen LogP) is 1.45. The Morgan fingerprint density at radius 3 is 2.55 bits per heavy atom. The number of imide groups is 1. The minimum Gasteiger partial charge on any atom is -0.376 e. The smallest absolute Gasteiger partial charge is 0.326 e. The van der Waals surface area contributed by atoms with E-state index in [-0.39, 0.29) is 29.9 Å². The number of likely N-dealkylation sites (tertiary alicyclic amines) is 1. The van der Waals surface area contributed by atoms with Crippen LogP contribution in [0.25, 0.3) is 0 Å². The summed E-state index contributed by atoms with van der Waals surface area (Å²) in [7, 11) is 0. The second kappa shape index (κ2) is 8.60. The van der Waals surface area contributed by atoms with Crippen molar-refractivity contribution in [2.45, 2.75) is 69.9 Å². The Morgan fingerprint density at radius 2 is 1.90 bits per heavy atom. The van der Waals surface area contributed by atoms with Gasteiger partial charge in [0, 0.05) is 32.2 Å². The Kier molecular flexibility index (Phi) is 6.11. The third-order valence-electron chi connectivity index (χ3n) is 7.20. The van der Waals surface area contributed by atoms with E-state index in [0.717, 1.165) is 71.1 Å². The van der Waals surface area contributed by atoms with Gasteiger partial charge in [-0.3, -0.25) is 14.5 Å². The minimum absolute atomic E-state index is 0.00179. The maximum absolute atomic E-state index is 13.0. The molecule has 1 aliphatic carbocycles. The number of hydrogen-bond acceptors (Lipinski definition) is 5. The molecule has 4 rings (SSSR count). The monoisotopic (exact) mass is 406 g/mol. The summed E-state index contributed by atoms with van der Waals surface area (Å²) in [6, 6.07) is -0.263. The van der Waals surface area contributed by atoms with Gasteiger partial charge >= 0.3 is 6.03 Å². The van der Waals surface area contributed by atoms with Gasteiger partial charge in [-0.1, -0.05) is 6.92 Å². The fourth-order valence-electron chi connectivity index (χ4n) is 5.10. The number of nitrogens with zero attached hydrogens (tertiary/aromatic N) is 2. The Morgan fingerprint density at radius 1 is 1.17 bits per heavy atom. The molecule has 0 bridgehead atoms. The lowest BCUT2D eigenvalue weighted by molar-refractivity contribution is -0.135. The van der Waals surface area contributed by atoms with Crippen molar-refractivity contribution in [3.8, 4) is 0 Å². The van der Waals surface area contributed by atoms with Gasteiger partial charge in [-0.05, 0) is 57.3 Å². The van der Waals surface area contributed by atoms with Gasteiger partial charge in [0.25, 0.3) is 5.91 Å². The Bertz CT molecular complexity index is 633. The van der Waals surface area contributed by atoms with Crippen molar-refractivity contribution in [2.24, 2.45) is 11.8 Å². The molecule has 8 heteroatoms. The van der Waals surface area contributed by atoms with E-state index >= 15 is 0 Å². The molecule has 4 fully saturated rings. The van der Waals surface area contributed by atoms with Gasteiger partial charge in [-0.25, -0.2) is 9.69 Å². The molecule has 0 aromatic carbocycles. The summed E-state index contributed by atoms with van der Waals surface area (Å²) in [5.41, 5.74) is -0.676. The van der Waals surface area contributed by atoms with E-state index in [2.05, 4.69) is 22.5 Å². The highest BCUT2D eigenvalue weighted by Crippen LogP contribution is 2.36. The number of amides is 4. The lowest BCUT2D eigenvalue weighted by Crippen LogP contribution is -2.50. The molecule has 1 spiro atoms. The molecular formula is C21H34N4O4. The summed E-state index contributed by atoms with van der Waals surface area (Å²) in [5.74, 6) is 0.656. The number of urea groups is 1. The van der Waals surface area contributed by atoms with Crippen LogP contribution >= 0.6 is 0 Å². The lowest BCUT2D eigenvalue weighted by Gasteiger charge is -2.35. The van der Waals surface area contributed by atoms with E-state index in [4.69, 9.17) is 4.74 Å². The van der Waals surface area contributed by atoms with Crippen molar-refractivity contribution in [2.75, 3.05) is 32.9 Å². The molecule has 4 aliphatic rings. The molecular weight excluding hydrogens is 372 g/mol. The van der Waals surface area contributed by atoms with Crippen LogP contribution < -0.4 is 10.6 Å². The van der Waals surface area contributed by atoms with Crippen molar-refractivity contribution >= 4 is 17.8 Å². The standard InChI is InChI=1S/C21H34N4O4/c1-15-4-8-21(9-5-15)19(27)25(20(28)23-21)14-24-10-6-16(7-11-24)18(26)22-13-17-3-2-12-29-17/h15-17H,2-14H2,1H3,(H,22,26)(H,23,28)/t15?,17-,21?/m0/s1. The van der Waals surface area contributed by atoms with Crippen LogP contribution in [0.5, 0.6) is 0 Å². The molecule has 0 radical (unpaired) electrons. The van der Waals surface area contributed by atoms with Crippen LogP contribution in [-0.2, 0) is 14.3 Å². The third-order valence-corrected chi connectivity index (χ3v) is 7.20. The minimum atomic E-state index is -0.676. The van der Waals surface area contributed by atoms with Crippen LogP contribution in [-0.4, -0.2) is 72.2 Å². The molecule has 3 saturated heterocycles. The normalized spacial score (nSPS) is 34.0. The fraction of sp³-hybridized carbons (Fsp3) is 0.857. The quantitative estimate of drug-likeness (QED) is 0.675. The number of hydrogen-bond donors (Lipinski definition) is 2. The van der Waals surface area contributed by atoms with Crippen molar-refractivity contribution < 1.29 is 19.1 Å². The first-order chi connectivity index (χ1) is 14.0. The number of carbonyl (C=O) groups is 3. The molecule has 29 heavy (non-hydrogen) atoms. The van der Waals surface area contributed by atoms with Crippen LogP contribution in [0.15, 0.2) is 0 Å². The van der Waals surface area contributed by atoms with Crippen molar-refractivity contribution in [1.82, 2.24) is 20.4 Å². The summed E-state index contributed by atoms with van der Waals surface area (Å²) < 4.78 is 5.56. The van der Waals surface area contributed by atoms with Gasteiger partial charge in [0.1, 0.15) is 5.54 Å². The van der Waals surface area contributed by atoms with Gasteiger partial charge in [0.15, 0.2) is 0 Å². The summed E-state index contributed by atoms with van der Waals surface area (Å²) in [6.07, 6.45) is 7.19. The van der Waals surface area contributed by atoms with Gasteiger partial charge < -0.3 is 15.4 Å². The van der Waals surface area contributed by atoms with E-state index in [1.165, 1.54) is 4.90 Å². The molecule has 3 aliphatic heterocycles. The zero-order chi connectivity index (χ0) is 20.4. The first kappa shape index (κ1) is 20.6. The van der Waals surface area contributed by atoms with E-state index in [1.807, 2.05) is 0 Å². The summed E-state index contributed by atoms with van der Waals surface area (Å²) in [5, 5.41) is 6.01. The summed E-state index contributed by atoms with van der Waals surface area (Å²) in [6.45, 7) is 5.36. The summed E-state index contributed by atoms with van der Waals surface area (Å²) in [4.78, 5) is 41.4. The average molecular weight is 407 g/mol. The van der Waals surface area contributed by atoms with Crippen molar-refractivity contribution in [3.63, 3.8) is 0 Å². The molecule has 0 aromatic rings. The van der Waals surface area contributed by atoms with E-state index in [9.17, 15) is 14.4 Å². The van der Waals surface area contributed by atoms with Gasteiger partial charge in [0.05, 0.1) is 12.8 Å². The van der Waals surface area contributed by atoms with Crippen molar-refractivity contribution in [1.29, 1.82) is 0 Å².